The van der Waals surface area contributed by atoms with Crippen LogP contribution in [0.1, 0.15) is 48.0 Å². The van der Waals surface area contributed by atoms with E-state index in [2.05, 4.69) is 60.5 Å². The van der Waals surface area contributed by atoms with E-state index in [9.17, 15) is 0 Å². The molecule has 0 saturated heterocycles. The van der Waals surface area contributed by atoms with E-state index in [0.717, 1.165) is 0 Å². The maximum absolute atomic E-state index is 4.21. The summed E-state index contributed by atoms with van der Waals surface area (Å²) in [5.74, 6) is 1.13. The molecule has 1 nitrogen and oxygen atoms in total. The van der Waals surface area contributed by atoms with Crippen molar-refractivity contribution in [2.24, 2.45) is 17.3 Å². The van der Waals surface area contributed by atoms with Gasteiger partial charge in [0.05, 0.1) is 0 Å². The molecule has 0 fully saturated rings. The van der Waals surface area contributed by atoms with Crippen molar-refractivity contribution in [1.29, 1.82) is 0 Å². The summed E-state index contributed by atoms with van der Waals surface area (Å²) in [6.07, 6.45) is 1.19. The molecule has 0 amide bonds. The van der Waals surface area contributed by atoms with Crippen molar-refractivity contribution in [1.82, 2.24) is 5.32 Å². The normalized spacial score (nSPS) is 16.5. The smallest absolute Gasteiger partial charge is 0.0132 e. The molecule has 0 aliphatic heterocycles. The van der Waals surface area contributed by atoms with E-state index in [1.165, 1.54) is 12.0 Å². The van der Waals surface area contributed by atoms with E-state index in [4.69, 9.17) is 0 Å². The summed E-state index contributed by atoms with van der Waals surface area (Å²) in [5.41, 5.74) is 1.73. The zero-order chi connectivity index (χ0) is 12.2. The van der Waals surface area contributed by atoms with Gasteiger partial charge in [0.15, 0.2) is 0 Å². The highest BCUT2D eigenvalue weighted by Crippen LogP contribution is 2.29. The quantitative estimate of drug-likeness (QED) is 0.681. The third-order valence-corrected chi connectivity index (χ3v) is 3.13. The molecule has 15 heavy (non-hydrogen) atoms. The number of rotatable bonds is 5. The molecule has 0 saturated carbocycles. The van der Waals surface area contributed by atoms with Crippen molar-refractivity contribution in [3.63, 3.8) is 0 Å². The SMILES string of the molecule is C=C(C(C)C)C(C)C(CC(C)(C)C)NC. The maximum Gasteiger partial charge on any atom is 0.0132 e. The molecule has 0 aliphatic carbocycles. The first-order valence-electron chi connectivity index (χ1n) is 6.05. The largest absolute Gasteiger partial charge is 0.316 e. The molecule has 0 aliphatic rings. The van der Waals surface area contributed by atoms with Crippen LogP contribution in [0.25, 0.3) is 0 Å². The Morgan fingerprint density at radius 3 is 1.93 bits per heavy atom. The van der Waals surface area contributed by atoms with Crippen LogP contribution < -0.4 is 5.32 Å². The summed E-state index contributed by atoms with van der Waals surface area (Å²) < 4.78 is 0. The standard InChI is InChI=1S/C14H29N/c1-10(2)11(3)12(4)13(15-8)9-14(5,6)7/h10,12-13,15H,3,9H2,1-2,4-8H3. The van der Waals surface area contributed by atoms with Crippen molar-refractivity contribution in [3.05, 3.63) is 12.2 Å². The fourth-order valence-electron chi connectivity index (χ4n) is 1.97. The van der Waals surface area contributed by atoms with Crippen LogP contribution in [0.3, 0.4) is 0 Å². The summed E-state index contributed by atoms with van der Waals surface area (Å²) in [7, 11) is 2.06. The van der Waals surface area contributed by atoms with E-state index < -0.39 is 0 Å². The van der Waals surface area contributed by atoms with Gasteiger partial charge in [-0.15, -0.1) is 0 Å². The van der Waals surface area contributed by atoms with Gasteiger partial charge in [-0.2, -0.15) is 0 Å². The Bertz CT molecular complexity index is 198. The Hall–Kier alpha value is -0.300. The molecule has 1 heteroatoms. The fraction of sp³-hybridized carbons (Fsp3) is 0.857. The zero-order valence-electron chi connectivity index (χ0n) is 11.6. The van der Waals surface area contributed by atoms with Crippen molar-refractivity contribution >= 4 is 0 Å². The Kier molecular flexibility index (Phi) is 5.58. The Morgan fingerprint density at radius 2 is 1.67 bits per heavy atom. The number of nitrogens with one attached hydrogen (secondary N) is 1. The van der Waals surface area contributed by atoms with Gasteiger partial charge in [-0.3, -0.25) is 0 Å². The first kappa shape index (κ1) is 14.7. The minimum Gasteiger partial charge on any atom is -0.316 e. The maximum atomic E-state index is 4.21. The van der Waals surface area contributed by atoms with Gasteiger partial charge in [-0.1, -0.05) is 53.7 Å². The Labute approximate surface area is 96.3 Å². The third kappa shape index (κ3) is 5.36. The Balaban J connectivity index is 4.48. The molecule has 0 rings (SSSR count). The highest BCUT2D eigenvalue weighted by Gasteiger charge is 2.24. The monoisotopic (exact) mass is 211 g/mol. The van der Waals surface area contributed by atoms with E-state index in [-0.39, 0.29) is 0 Å². The fourth-order valence-corrected chi connectivity index (χ4v) is 1.97. The number of hydrogen-bond acceptors (Lipinski definition) is 1. The molecule has 1 N–H and O–H groups in total. The summed E-state index contributed by atoms with van der Waals surface area (Å²) in [6, 6.07) is 0.542. The molecule has 2 unspecified atom stereocenters. The molecule has 2 atom stereocenters. The lowest BCUT2D eigenvalue weighted by atomic mass is 9.79. The van der Waals surface area contributed by atoms with Crippen LogP contribution in [0.4, 0.5) is 0 Å². The van der Waals surface area contributed by atoms with Gasteiger partial charge in [-0.25, -0.2) is 0 Å². The van der Waals surface area contributed by atoms with Crippen molar-refractivity contribution < 1.29 is 0 Å². The van der Waals surface area contributed by atoms with Crippen LogP contribution in [0.15, 0.2) is 12.2 Å². The molecule has 90 valence electrons. The topological polar surface area (TPSA) is 12.0 Å². The second kappa shape index (κ2) is 5.69. The van der Waals surface area contributed by atoms with Gasteiger partial charge in [0.2, 0.25) is 0 Å². The van der Waals surface area contributed by atoms with Gasteiger partial charge in [0.25, 0.3) is 0 Å². The van der Waals surface area contributed by atoms with Gasteiger partial charge >= 0.3 is 0 Å². The zero-order valence-corrected chi connectivity index (χ0v) is 11.6. The second-order valence-corrected chi connectivity index (χ2v) is 6.18. The molecule has 0 radical (unpaired) electrons. The van der Waals surface area contributed by atoms with Gasteiger partial charge in [0, 0.05) is 6.04 Å². The van der Waals surface area contributed by atoms with Crippen molar-refractivity contribution in [3.8, 4) is 0 Å². The predicted octanol–water partition coefficient (Wildman–Crippen LogP) is 3.86. The number of hydrogen-bond donors (Lipinski definition) is 1. The van der Waals surface area contributed by atoms with E-state index >= 15 is 0 Å². The van der Waals surface area contributed by atoms with Crippen LogP contribution in [0, 0.1) is 17.3 Å². The van der Waals surface area contributed by atoms with E-state index in [0.29, 0.717) is 23.3 Å². The lowest BCUT2D eigenvalue weighted by Crippen LogP contribution is -2.37. The molecule has 0 spiro atoms. The molecular formula is C14H29N. The molecule has 0 aromatic heterocycles. The van der Waals surface area contributed by atoms with Gasteiger partial charge in [0.1, 0.15) is 0 Å². The van der Waals surface area contributed by atoms with Crippen LogP contribution in [0.5, 0.6) is 0 Å². The van der Waals surface area contributed by atoms with E-state index in [1.54, 1.807) is 0 Å². The average molecular weight is 211 g/mol. The highest BCUT2D eigenvalue weighted by atomic mass is 14.9. The first-order chi connectivity index (χ1) is 6.69. The average Bonchev–Trinajstić information content (AvgIpc) is 2.10. The van der Waals surface area contributed by atoms with Gasteiger partial charge < -0.3 is 5.32 Å². The molecule has 0 bridgehead atoms. The molecule has 0 aromatic carbocycles. The van der Waals surface area contributed by atoms with Crippen molar-refractivity contribution in [2.75, 3.05) is 7.05 Å². The predicted molar refractivity (Wildman–Crippen MR) is 70.1 cm³/mol. The molecule has 0 aromatic rings. The highest BCUT2D eigenvalue weighted by molar-refractivity contribution is 5.06. The minimum absolute atomic E-state index is 0.374. The third-order valence-electron chi connectivity index (χ3n) is 3.13. The summed E-state index contributed by atoms with van der Waals surface area (Å²) in [6.45, 7) is 17.8. The lowest BCUT2D eigenvalue weighted by Gasteiger charge is -2.32. The van der Waals surface area contributed by atoms with Crippen LogP contribution in [-0.2, 0) is 0 Å². The molecular weight excluding hydrogens is 182 g/mol. The van der Waals surface area contributed by atoms with Crippen LogP contribution in [0.2, 0.25) is 0 Å². The van der Waals surface area contributed by atoms with E-state index in [1.807, 2.05) is 0 Å². The Morgan fingerprint density at radius 1 is 1.20 bits per heavy atom. The van der Waals surface area contributed by atoms with Crippen LogP contribution >= 0.6 is 0 Å². The van der Waals surface area contributed by atoms with Crippen LogP contribution in [-0.4, -0.2) is 13.1 Å². The summed E-state index contributed by atoms with van der Waals surface area (Å²) in [4.78, 5) is 0. The summed E-state index contributed by atoms with van der Waals surface area (Å²) in [5, 5.41) is 3.43. The lowest BCUT2D eigenvalue weighted by molar-refractivity contribution is 0.276. The van der Waals surface area contributed by atoms with Crippen molar-refractivity contribution in [2.45, 2.75) is 54.0 Å². The van der Waals surface area contributed by atoms with Gasteiger partial charge in [-0.05, 0) is 30.7 Å². The first-order valence-corrected chi connectivity index (χ1v) is 6.05. The summed E-state index contributed by atoms with van der Waals surface area (Å²) >= 11 is 0. The minimum atomic E-state index is 0.374. The molecule has 0 heterocycles. The second-order valence-electron chi connectivity index (χ2n) is 6.18.